The second-order valence-electron chi connectivity index (χ2n) is 5.06. The summed E-state index contributed by atoms with van der Waals surface area (Å²) in [6.45, 7) is 9.06. The van der Waals surface area contributed by atoms with Crippen LogP contribution in [0.1, 0.15) is 25.5 Å². The predicted octanol–water partition coefficient (Wildman–Crippen LogP) is 1.42. The molecule has 0 aliphatic carbocycles. The summed E-state index contributed by atoms with van der Waals surface area (Å²) in [6.07, 6.45) is 0. The summed E-state index contributed by atoms with van der Waals surface area (Å²) in [5.74, 6) is 1.52. The molecule has 0 aromatic heterocycles. The first-order chi connectivity index (χ1) is 10.3. The first-order valence-corrected chi connectivity index (χ1v) is 7.75. The molecule has 1 fully saturated rings. The van der Waals surface area contributed by atoms with Crippen molar-refractivity contribution in [1.82, 2.24) is 10.2 Å². The van der Waals surface area contributed by atoms with Crippen molar-refractivity contribution in [2.75, 3.05) is 46.0 Å². The Morgan fingerprint density at radius 2 is 1.81 bits per heavy atom. The maximum atomic E-state index is 9.79. The third-order valence-electron chi connectivity index (χ3n) is 3.72. The van der Waals surface area contributed by atoms with Crippen LogP contribution < -0.4 is 14.8 Å². The zero-order chi connectivity index (χ0) is 15.1. The molecule has 5 nitrogen and oxygen atoms in total. The minimum atomic E-state index is 0.0157. The lowest BCUT2D eigenvalue weighted by atomic mass is 10.0. The summed E-state index contributed by atoms with van der Waals surface area (Å²) in [7, 11) is 0. The summed E-state index contributed by atoms with van der Waals surface area (Å²) < 4.78 is 11.3. The van der Waals surface area contributed by atoms with Crippen LogP contribution in [0.2, 0.25) is 0 Å². The van der Waals surface area contributed by atoms with Crippen molar-refractivity contribution in [3.8, 4) is 11.5 Å². The lowest BCUT2D eigenvalue weighted by Gasteiger charge is -2.34. The standard InChI is InChI=1S/C16H26N2O3/c1-3-20-15-6-5-13(11-16(15)21-4-2)14(12-19)18-9-7-17-8-10-18/h5-6,11,14,17,19H,3-4,7-10,12H2,1-2H3. The molecule has 0 radical (unpaired) electrons. The molecule has 1 heterocycles. The van der Waals surface area contributed by atoms with Crippen molar-refractivity contribution in [3.05, 3.63) is 23.8 Å². The molecule has 2 N–H and O–H groups in total. The monoisotopic (exact) mass is 294 g/mol. The van der Waals surface area contributed by atoms with E-state index in [1.54, 1.807) is 0 Å². The van der Waals surface area contributed by atoms with Gasteiger partial charge < -0.3 is 19.9 Å². The van der Waals surface area contributed by atoms with Gasteiger partial charge in [-0.15, -0.1) is 0 Å². The number of hydrogen-bond donors (Lipinski definition) is 2. The van der Waals surface area contributed by atoms with Gasteiger partial charge in [0.25, 0.3) is 0 Å². The highest BCUT2D eigenvalue weighted by Crippen LogP contribution is 2.32. The molecule has 2 rings (SSSR count). The molecule has 1 aliphatic heterocycles. The summed E-state index contributed by atoms with van der Waals surface area (Å²) >= 11 is 0. The van der Waals surface area contributed by atoms with Crippen LogP contribution >= 0.6 is 0 Å². The number of nitrogens with one attached hydrogen (secondary N) is 1. The van der Waals surface area contributed by atoms with Gasteiger partial charge in [0.1, 0.15) is 0 Å². The first kappa shape index (κ1) is 16.1. The van der Waals surface area contributed by atoms with E-state index < -0.39 is 0 Å². The maximum Gasteiger partial charge on any atom is 0.161 e. The van der Waals surface area contributed by atoms with E-state index in [0.29, 0.717) is 13.2 Å². The number of aliphatic hydroxyl groups excluding tert-OH is 1. The van der Waals surface area contributed by atoms with Crippen LogP contribution in [-0.4, -0.2) is 56.0 Å². The summed E-state index contributed by atoms with van der Waals surface area (Å²) in [5.41, 5.74) is 1.08. The molecular formula is C16H26N2O3. The molecule has 0 bridgehead atoms. The third-order valence-corrected chi connectivity index (χ3v) is 3.72. The van der Waals surface area contributed by atoms with Crippen LogP contribution in [0, 0.1) is 0 Å². The maximum absolute atomic E-state index is 9.79. The van der Waals surface area contributed by atoms with Crippen LogP contribution in [0.25, 0.3) is 0 Å². The summed E-state index contributed by atoms with van der Waals surface area (Å²) in [6, 6.07) is 5.98. The number of hydrogen-bond acceptors (Lipinski definition) is 5. The molecule has 5 heteroatoms. The highest BCUT2D eigenvalue weighted by Gasteiger charge is 2.22. The highest BCUT2D eigenvalue weighted by molar-refractivity contribution is 5.44. The van der Waals surface area contributed by atoms with E-state index in [9.17, 15) is 5.11 Å². The van der Waals surface area contributed by atoms with E-state index >= 15 is 0 Å². The molecule has 21 heavy (non-hydrogen) atoms. The average molecular weight is 294 g/mol. The number of rotatable bonds is 7. The summed E-state index contributed by atoms with van der Waals surface area (Å²) in [4.78, 5) is 2.31. The average Bonchev–Trinajstić information content (AvgIpc) is 2.52. The van der Waals surface area contributed by atoms with E-state index in [-0.39, 0.29) is 12.6 Å². The molecule has 1 atom stereocenters. The second kappa shape index (κ2) is 8.22. The molecule has 0 saturated carbocycles. The smallest absolute Gasteiger partial charge is 0.161 e. The van der Waals surface area contributed by atoms with Gasteiger partial charge in [-0.1, -0.05) is 6.07 Å². The molecule has 118 valence electrons. The van der Waals surface area contributed by atoms with E-state index in [1.807, 2.05) is 32.0 Å². The topological polar surface area (TPSA) is 54.0 Å². The van der Waals surface area contributed by atoms with E-state index in [4.69, 9.17) is 9.47 Å². The van der Waals surface area contributed by atoms with E-state index in [1.165, 1.54) is 0 Å². The van der Waals surface area contributed by atoms with Gasteiger partial charge in [-0.2, -0.15) is 0 Å². The number of piperazine rings is 1. The van der Waals surface area contributed by atoms with Crippen molar-refractivity contribution in [2.45, 2.75) is 19.9 Å². The number of benzene rings is 1. The normalized spacial score (nSPS) is 17.5. The minimum Gasteiger partial charge on any atom is -0.490 e. The predicted molar refractivity (Wildman–Crippen MR) is 83.0 cm³/mol. The Labute approximate surface area is 126 Å². The van der Waals surface area contributed by atoms with Gasteiger partial charge in [-0.25, -0.2) is 0 Å². The Kier molecular flexibility index (Phi) is 6.29. The lowest BCUT2D eigenvalue weighted by molar-refractivity contribution is 0.110. The minimum absolute atomic E-state index is 0.0157. The Morgan fingerprint density at radius 1 is 1.14 bits per heavy atom. The quantitative estimate of drug-likeness (QED) is 0.796. The molecule has 1 aromatic rings. The molecule has 1 aliphatic rings. The van der Waals surface area contributed by atoms with Gasteiger partial charge in [0, 0.05) is 26.2 Å². The fourth-order valence-corrected chi connectivity index (χ4v) is 2.70. The van der Waals surface area contributed by atoms with Gasteiger partial charge in [0.2, 0.25) is 0 Å². The fourth-order valence-electron chi connectivity index (χ4n) is 2.70. The van der Waals surface area contributed by atoms with Gasteiger partial charge >= 0.3 is 0 Å². The fraction of sp³-hybridized carbons (Fsp3) is 0.625. The number of ether oxygens (including phenoxy) is 2. The van der Waals surface area contributed by atoms with Gasteiger partial charge in [0.05, 0.1) is 25.9 Å². The zero-order valence-electron chi connectivity index (χ0n) is 13.0. The number of nitrogens with zero attached hydrogens (tertiary/aromatic N) is 1. The number of aliphatic hydroxyl groups is 1. The molecule has 1 unspecified atom stereocenters. The Hall–Kier alpha value is -1.30. The molecular weight excluding hydrogens is 268 g/mol. The summed E-state index contributed by atoms with van der Waals surface area (Å²) in [5, 5.41) is 13.1. The van der Waals surface area contributed by atoms with Crippen LogP contribution in [0.3, 0.4) is 0 Å². The highest BCUT2D eigenvalue weighted by atomic mass is 16.5. The Morgan fingerprint density at radius 3 is 2.43 bits per heavy atom. The molecule has 0 spiro atoms. The Balaban J connectivity index is 2.21. The van der Waals surface area contributed by atoms with Gasteiger partial charge in [-0.3, -0.25) is 4.90 Å². The third kappa shape index (κ3) is 4.09. The van der Waals surface area contributed by atoms with Crippen molar-refractivity contribution in [2.24, 2.45) is 0 Å². The largest absolute Gasteiger partial charge is 0.490 e. The van der Waals surface area contributed by atoms with E-state index in [2.05, 4.69) is 10.2 Å². The SMILES string of the molecule is CCOc1ccc(C(CO)N2CCNCC2)cc1OCC. The van der Waals surface area contributed by atoms with Crippen LogP contribution in [0.5, 0.6) is 11.5 Å². The van der Waals surface area contributed by atoms with Crippen molar-refractivity contribution < 1.29 is 14.6 Å². The lowest BCUT2D eigenvalue weighted by Crippen LogP contribution is -2.46. The molecule has 1 saturated heterocycles. The molecule has 0 amide bonds. The van der Waals surface area contributed by atoms with Gasteiger partial charge in [-0.05, 0) is 31.5 Å². The molecule has 1 aromatic carbocycles. The first-order valence-electron chi connectivity index (χ1n) is 7.75. The van der Waals surface area contributed by atoms with Crippen molar-refractivity contribution >= 4 is 0 Å². The van der Waals surface area contributed by atoms with Gasteiger partial charge in [0.15, 0.2) is 11.5 Å². The second-order valence-corrected chi connectivity index (χ2v) is 5.06. The van der Waals surface area contributed by atoms with Crippen LogP contribution in [0.15, 0.2) is 18.2 Å². The Bertz CT molecular complexity index is 434. The van der Waals surface area contributed by atoms with E-state index in [0.717, 1.165) is 43.2 Å². The van der Waals surface area contributed by atoms with Crippen LogP contribution in [0.4, 0.5) is 0 Å². The van der Waals surface area contributed by atoms with Crippen LogP contribution in [-0.2, 0) is 0 Å². The van der Waals surface area contributed by atoms with Crippen molar-refractivity contribution in [3.63, 3.8) is 0 Å². The van der Waals surface area contributed by atoms with Crippen molar-refractivity contribution in [1.29, 1.82) is 0 Å². The zero-order valence-corrected chi connectivity index (χ0v) is 13.0.